The summed E-state index contributed by atoms with van der Waals surface area (Å²) in [6.07, 6.45) is 13.0. The van der Waals surface area contributed by atoms with E-state index in [1.54, 1.807) is 18.6 Å². The Hall–Kier alpha value is -5.26. The number of aromatic nitrogens is 4. The lowest BCUT2D eigenvalue weighted by Crippen LogP contribution is -1.89. The van der Waals surface area contributed by atoms with E-state index in [2.05, 4.69) is 121 Å². The molecule has 4 aromatic heterocycles. The van der Waals surface area contributed by atoms with Gasteiger partial charge in [0.25, 0.3) is 0 Å². The van der Waals surface area contributed by atoms with Crippen molar-refractivity contribution in [1.82, 2.24) is 19.9 Å². The smallest absolute Gasteiger partial charge is 0.106 e. The highest BCUT2D eigenvalue weighted by atomic mass is 79.9. The van der Waals surface area contributed by atoms with Crippen molar-refractivity contribution in [2.75, 3.05) is 0 Å². The molecule has 0 unspecified atom stereocenters. The minimum Gasteiger partial charge on any atom is -0.264 e. The zero-order valence-corrected chi connectivity index (χ0v) is 24.7. The van der Waals surface area contributed by atoms with Gasteiger partial charge >= 0.3 is 0 Å². The highest BCUT2D eigenvalue weighted by Crippen LogP contribution is 2.36. The van der Waals surface area contributed by atoms with Crippen LogP contribution >= 0.6 is 15.9 Å². The second-order valence-electron chi connectivity index (χ2n) is 10.3. The summed E-state index contributed by atoms with van der Waals surface area (Å²) in [6.45, 7) is 0. The Labute approximate surface area is 259 Å². The molecule has 0 radical (unpaired) electrons. The van der Waals surface area contributed by atoms with E-state index >= 15 is 0 Å². The maximum absolute atomic E-state index is 4.48. The summed E-state index contributed by atoms with van der Waals surface area (Å²) in [5.41, 5.74) is 13.2. The van der Waals surface area contributed by atoms with Gasteiger partial charge < -0.3 is 0 Å². The SMILES string of the molecule is Brc1ccc(-c2cc(-c3cccnc3)cc(-c3cccc(-c4cc(-c5cccnc5)cc(-c5cccnc5)c4)c3)c2)cn1. The van der Waals surface area contributed by atoms with Crippen LogP contribution in [0.4, 0.5) is 0 Å². The number of benzene rings is 3. The maximum atomic E-state index is 4.48. The van der Waals surface area contributed by atoms with Gasteiger partial charge in [0.2, 0.25) is 0 Å². The Morgan fingerprint density at radius 1 is 0.326 bits per heavy atom. The first-order valence-corrected chi connectivity index (χ1v) is 14.7. The average Bonchev–Trinajstić information content (AvgIpc) is 3.09. The Balaban J connectivity index is 1.37. The van der Waals surface area contributed by atoms with E-state index in [9.17, 15) is 0 Å². The quantitative estimate of drug-likeness (QED) is 0.174. The summed E-state index contributed by atoms with van der Waals surface area (Å²) in [4.78, 5) is 17.6. The van der Waals surface area contributed by atoms with Crippen LogP contribution in [0.15, 0.2) is 157 Å². The number of hydrogen-bond donors (Lipinski definition) is 0. The molecule has 0 saturated carbocycles. The Bertz CT molecular complexity index is 1950. The van der Waals surface area contributed by atoms with E-state index in [0.717, 1.165) is 71.4 Å². The molecular formula is C38H25BrN4. The molecule has 0 N–H and O–H groups in total. The van der Waals surface area contributed by atoms with Crippen molar-refractivity contribution < 1.29 is 0 Å². The fraction of sp³-hybridized carbons (Fsp3) is 0. The second kappa shape index (κ2) is 11.9. The average molecular weight is 618 g/mol. The fourth-order valence-electron chi connectivity index (χ4n) is 5.28. The molecule has 4 nitrogen and oxygen atoms in total. The lowest BCUT2D eigenvalue weighted by Gasteiger charge is -2.14. The van der Waals surface area contributed by atoms with Gasteiger partial charge in [-0.2, -0.15) is 0 Å². The standard InChI is InChI=1S/C38H25BrN4/c39-38-11-10-31(25-43-38)37-19-33(18-36(21-37)30-9-4-14-42-24-30)27-6-1-5-26(15-27)32-16-34(28-7-2-12-40-22-28)20-35(17-32)29-8-3-13-41-23-29/h1-25H. The van der Waals surface area contributed by atoms with Crippen LogP contribution in [0, 0.1) is 0 Å². The number of halogens is 1. The molecule has 0 aliphatic heterocycles. The van der Waals surface area contributed by atoms with Crippen LogP contribution in [-0.4, -0.2) is 19.9 Å². The highest BCUT2D eigenvalue weighted by molar-refractivity contribution is 9.10. The molecule has 0 fully saturated rings. The molecule has 0 aliphatic rings. The minimum absolute atomic E-state index is 0.812. The zero-order valence-electron chi connectivity index (χ0n) is 23.1. The summed E-state index contributed by atoms with van der Waals surface area (Å²) < 4.78 is 0.812. The number of nitrogens with zero attached hydrogens (tertiary/aromatic N) is 4. The van der Waals surface area contributed by atoms with E-state index in [4.69, 9.17) is 0 Å². The molecule has 7 rings (SSSR count). The predicted molar refractivity (Wildman–Crippen MR) is 178 cm³/mol. The minimum atomic E-state index is 0.812. The molecule has 0 atom stereocenters. The van der Waals surface area contributed by atoms with Crippen molar-refractivity contribution in [3.8, 4) is 66.8 Å². The van der Waals surface area contributed by atoms with Gasteiger partial charge in [0.1, 0.15) is 4.60 Å². The largest absolute Gasteiger partial charge is 0.264 e. The number of pyridine rings is 4. The van der Waals surface area contributed by atoms with E-state index < -0.39 is 0 Å². The number of hydrogen-bond acceptors (Lipinski definition) is 4. The van der Waals surface area contributed by atoms with Gasteiger partial charge in [-0.25, -0.2) is 4.98 Å². The molecule has 0 aliphatic carbocycles. The third-order valence-electron chi connectivity index (χ3n) is 7.44. The maximum Gasteiger partial charge on any atom is 0.106 e. The third kappa shape index (κ3) is 5.89. The first-order valence-electron chi connectivity index (χ1n) is 13.9. The lowest BCUT2D eigenvalue weighted by atomic mass is 9.91. The summed E-state index contributed by atoms with van der Waals surface area (Å²) in [5.74, 6) is 0. The normalized spacial score (nSPS) is 10.9. The van der Waals surface area contributed by atoms with Gasteiger partial charge in [0.15, 0.2) is 0 Å². The molecule has 4 heterocycles. The molecule has 43 heavy (non-hydrogen) atoms. The van der Waals surface area contributed by atoms with Crippen LogP contribution in [0.5, 0.6) is 0 Å². The molecule has 0 saturated heterocycles. The van der Waals surface area contributed by atoms with Gasteiger partial charge in [-0.05, 0) is 127 Å². The molecule has 0 spiro atoms. The van der Waals surface area contributed by atoms with Crippen molar-refractivity contribution in [2.24, 2.45) is 0 Å². The van der Waals surface area contributed by atoms with Crippen molar-refractivity contribution in [3.05, 3.63) is 157 Å². The first-order chi connectivity index (χ1) is 21.2. The topological polar surface area (TPSA) is 51.6 Å². The molecule has 204 valence electrons. The van der Waals surface area contributed by atoms with E-state index in [1.807, 2.05) is 49.1 Å². The van der Waals surface area contributed by atoms with Gasteiger partial charge in [0, 0.05) is 65.6 Å². The fourth-order valence-corrected chi connectivity index (χ4v) is 5.52. The third-order valence-corrected chi connectivity index (χ3v) is 7.91. The molecule has 3 aromatic carbocycles. The van der Waals surface area contributed by atoms with Crippen LogP contribution in [0.3, 0.4) is 0 Å². The van der Waals surface area contributed by atoms with Crippen molar-refractivity contribution in [2.45, 2.75) is 0 Å². The van der Waals surface area contributed by atoms with E-state index in [-0.39, 0.29) is 0 Å². The Morgan fingerprint density at radius 2 is 0.674 bits per heavy atom. The van der Waals surface area contributed by atoms with Crippen LogP contribution in [0.2, 0.25) is 0 Å². The first kappa shape index (κ1) is 26.6. The van der Waals surface area contributed by atoms with Crippen LogP contribution < -0.4 is 0 Å². The monoisotopic (exact) mass is 616 g/mol. The van der Waals surface area contributed by atoms with Crippen LogP contribution in [-0.2, 0) is 0 Å². The second-order valence-corrected chi connectivity index (χ2v) is 11.1. The molecule has 5 heteroatoms. The molecule has 0 amide bonds. The van der Waals surface area contributed by atoms with E-state index in [1.165, 1.54) is 0 Å². The van der Waals surface area contributed by atoms with Crippen molar-refractivity contribution in [3.63, 3.8) is 0 Å². The van der Waals surface area contributed by atoms with Crippen LogP contribution in [0.1, 0.15) is 0 Å². The Morgan fingerprint density at radius 3 is 1.02 bits per heavy atom. The van der Waals surface area contributed by atoms with Crippen LogP contribution in [0.25, 0.3) is 66.8 Å². The lowest BCUT2D eigenvalue weighted by molar-refractivity contribution is 1.28. The summed E-state index contributed by atoms with van der Waals surface area (Å²) in [7, 11) is 0. The van der Waals surface area contributed by atoms with E-state index in [0.29, 0.717) is 0 Å². The van der Waals surface area contributed by atoms with Crippen molar-refractivity contribution in [1.29, 1.82) is 0 Å². The van der Waals surface area contributed by atoms with Crippen molar-refractivity contribution >= 4 is 15.9 Å². The highest BCUT2D eigenvalue weighted by Gasteiger charge is 2.11. The molecule has 0 bridgehead atoms. The van der Waals surface area contributed by atoms with Gasteiger partial charge in [-0.15, -0.1) is 0 Å². The molecular weight excluding hydrogens is 592 g/mol. The van der Waals surface area contributed by atoms with Gasteiger partial charge in [-0.3, -0.25) is 15.0 Å². The summed E-state index contributed by atoms with van der Waals surface area (Å²) >= 11 is 3.46. The molecule has 7 aromatic rings. The predicted octanol–water partition coefficient (Wildman–Crippen LogP) is 10.0. The van der Waals surface area contributed by atoms with Gasteiger partial charge in [-0.1, -0.05) is 42.5 Å². The summed E-state index contributed by atoms with van der Waals surface area (Å²) in [5, 5.41) is 0. The van der Waals surface area contributed by atoms with Gasteiger partial charge in [0.05, 0.1) is 0 Å². The Kier molecular flexibility index (Phi) is 7.38. The zero-order chi connectivity index (χ0) is 29.0. The number of rotatable bonds is 6. The summed E-state index contributed by atoms with van der Waals surface area (Å²) in [6, 6.07) is 38.3.